The second-order valence-electron chi connectivity index (χ2n) is 8.88. The molecule has 2 aliphatic rings. The summed E-state index contributed by atoms with van der Waals surface area (Å²) in [5.74, 6) is 4.50. The van der Waals surface area contributed by atoms with Gasteiger partial charge in [0.1, 0.15) is 17.7 Å². The molecule has 1 unspecified atom stereocenters. The number of anilines is 4. The predicted molar refractivity (Wildman–Crippen MR) is 137 cm³/mol. The third-order valence-electron chi connectivity index (χ3n) is 6.33. The molecule has 35 heavy (non-hydrogen) atoms. The first-order valence-electron chi connectivity index (χ1n) is 12.6. The minimum Gasteiger partial charge on any atom is -0.490 e. The van der Waals surface area contributed by atoms with Crippen LogP contribution in [0.4, 0.5) is 23.4 Å². The molecule has 9 heteroatoms. The SMILES string of the molecule is CCOc1ccccc1OC1CCCN(c2cncc(Nc3nccc(N4CCCCC4)n3)n2)C1. The van der Waals surface area contributed by atoms with E-state index in [1.165, 1.54) is 19.3 Å². The molecule has 2 saturated heterocycles. The molecule has 2 fully saturated rings. The average molecular weight is 476 g/mol. The lowest BCUT2D eigenvalue weighted by atomic mass is 10.1. The van der Waals surface area contributed by atoms with Gasteiger partial charge in [0.25, 0.3) is 0 Å². The van der Waals surface area contributed by atoms with Crippen LogP contribution in [-0.4, -0.2) is 58.8 Å². The normalized spacial score (nSPS) is 18.3. The lowest BCUT2D eigenvalue weighted by Crippen LogP contribution is -2.41. The third-order valence-corrected chi connectivity index (χ3v) is 6.33. The number of piperidine rings is 2. The summed E-state index contributed by atoms with van der Waals surface area (Å²) in [6, 6.07) is 9.82. The maximum Gasteiger partial charge on any atom is 0.230 e. The van der Waals surface area contributed by atoms with Crippen molar-refractivity contribution in [1.29, 1.82) is 0 Å². The Morgan fingerprint density at radius 3 is 2.60 bits per heavy atom. The fourth-order valence-corrected chi connectivity index (χ4v) is 4.64. The van der Waals surface area contributed by atoms with Crippen molar-refractivity contribution >= 4 is 23.4 Å². The van der Waals surface area contributed by atoms with Crippen molar-refractivity contribution in [3.8, 4) is 11.5 Å². The van der Waals surface area contributed by atoms with Crippen LogP contribution in [0.15, 0.2) is 48.9 Å². The second kappa shape index (κ2) is 11.2. The van der Waals surface area contributed by atoms with Gasteiger partial charge in [-0.2, -0.15) is 4.98 Å². The fourth-order valence-electron chi connectivity index (χ4n) is 4.64. The van der Waals surface area contributed by atoms with Gasteiger partial charge in [0, 0.05) is 25.8 Å². The van der Waals surface area contributed by atoms with Crippen molar-refractivity contribution in [3.05, 3.63) is 48.9 Å². The highest BCUT2D eigenvalue weighted by Crippen LogP contribution is 2.30. The summed E-state index contributed by atoms with van der Waals surface area (Å²) < 4.78 is 12.1. The minimum absolute atomic E-state index is 0.0494. The highest BCUT2D eigenvalue weighted by atomic mass is 16.5. The fraction of sp³-hybridized carbons (Fsp3) is 0.462. The number of nitrogens with one attached hydrogen (secondary N) is 1. The van der Waals surface area contributed by atoms with Gasteiger partial charge < -0.3 is 24.6 Å². The van der Waals surface area contributed by atoms with E-state index in [0.717, 1.165) is 62.2 Å². The van der Waals surface area contributed by atoms with Crippen LogP contribution >= 0.6 is 0 Å². The third kappa shape index (κ3) is 5.90. The number of aromatic nitrogens is 4. The Morgan fingerprint density at radius 1 is 0.914 bits per heavy atom. The predicted octanol–water partition coefficient (Wildman–Crippen LogP) is 4.45. The summed E-state index contributed by atoms with van der Waals surface area (Å²) in [7, 11) is 0. The first-order chi connectivity index (χ1) is 17.3. The lowest BCUT2D eigenvalue weighted by Gasteiger charge is -2.33. The van der Waals surface area contributed by atoms with Gasteiger partial charge >= 0.3 is 0 Å². The molecule has 0 aliphatic carbocycles. The van der Waals surface area contributed by atoms with E-state index >= 15 is 0 Å². The molecule has 9 nitrogen and oxygen atoms in total. The van der Waals surface area contributed by atoms with Gasteiger partial charge in [-0.3, -0.25) is 4.98 Å². The van der Waals surface area contributed by atoms with E-state index in [1.54, 1.807) is 18.6 Å². The number of rotatable bonds is 8. The Hall–Kier alpha value is -3.62. The molecule has 1 atom stereocenters. The number of para-hydroxylation sites is 2. The Morgan fingerprint density at radius 2 is 1.74 bits per heavy atom. The van der Waals surface area contributed by atoms with Crippen molar-refractivity contribution in [2.24, 2.45) is 0 Å². The van der Waals surface area contributed by atoms with Crippen molar-refractivity contribution < 1.29 is 9.47 Å². The molecule has 1 aromatic carbocycles. The highest BCUT2D eigenvalue weighted by molar-refractivity contribution is 5.53. The smallest absolute Gasteiger partial charge is 0.230 e. The summed E-state index contributed by atoms with van der Waals surface area (Å²) in [5, 5.41) is 3.24. The molecule has 0 saturated carbocycles. The number of benzene rings is 1. The standard InChI is InChI=1S/C26H33N7O2/c1-2-34-21-10-4-5-11-22(21)35-20-9-8-16-33(19-20)25-18-27-17-23(29-25)30-26-28-13-12-24(31-26)32-14-6-3-7-15-32/h4-5,10-13,17-18,20H,2-3,6-9,14-16,19H2,1H3,(H,28,29,30,31). The molecule has 4 heterocycles. The van der Waals surface area contributed by atoms with Gasteiger partial charge in [0.15, 0.2) is 17.3 Å². The van der Waals surface area contributed by atoms with E-state index in [9.17, 15) is 0 Å². The van der Waals surface area contributed by atoms with Gasteiger partial charge in [-0.25, -0.2) is 9.97 Å². The number of hydrogen-bond donors (Lipinski definition) is 1. The number of nitrogens with zero attached hydrogens (tertiary/aromatic N) is 6. The second-order valence-corrected chi connectivity index (χ2v) is 8.88. The summed E-state index contributed by atoms with van der Waals surface area (Å²) in [5.41, 5.74) is 0. The van der Waals surface area contributed by atoms with Crippen LogP contribution in [-0.2, 0) is 0 Å². The Kier molecular flexibility index (Phi) is 7.41. The summed E-state index contributed by atoms with van der Waals surface area (Å²) in [6.45, 7) is 6.31. The number of ether oxygens (including phenoxy) is 2. The first-order valence-corrected chi connectivity index (χ1v) is 12.6. The summed E-state index contributed by atoms with van der Waals surface area (Å²) >= 11 is 0. The van der Waals surface area contributed by atoms with Gasteiger partial charge in [0.2, 0.25) is 5.95 Å². The van der Waals surface area contributed by atoms with Gasteiger partial charge in [-0.05, 0) is 57.2 Å². The largest absolute Gasteiger partial charge is 0.490 e. The number of hydrogen-bond acceptors (Lipinski definition) is 9. The topological polar surface area (TPSA) is 88.5 Å². The zero-order valence-electron chi connectivity index (χ0n) is 20.3. The molecule has 0 amide bonds. The molecular weight excluding hydrogens is 442 g/mol. The van der Waals surface area contributed by atoms with Gasteiger partial charge in [-0.1, -0.05) is 12.1 Å². The van der Waals surface area contributed by atoms with Crippen LogP contribution in [0.2, 0.25) is 0 Å². The molecule has 5 rings (SSSR count). The molecule has 0 spiro atoms. The molecule has 2 aliphatic heterocycles. The van der Waals surface area contributed by atoms with Crippen LogP contribution in [0.25, 0.3) is 0 Å². The van der Waals surface area contributed by atoms with Crippen LogP contribution in [0.5, 0.6) is 11.5 Å². The van der Waals surface area contributed by atoms with Crippen LogP contribution in [0.3, 0.4) is 0 Å². The van der Waals surface area contributed by atoms with E-state index in [-0.39, 0.29) is 6.10 Å². The molecule has 1 N–H and O–H groups in total. The van der Waals surface area contributed by atoms with E-state index in [2.05, 4.69) is 25.1 Å². The Bertz CT molecular complexity index is 1110. The lowest BCUT2D eigenvalue weighted by molar-refractivity contribution is 0.170. The van der Waals surface area contributed by atoms with E-state index in [1.807, 2.05) is 37.3 Å². The van der Waals surface area contributed by atoms with Crippen LogP contribution in [0, 0.1) is 0 Å². The van der Waals surface area contributed by atoms with Gasteiger partial charge in [-0.15, -0.1) is 0 Å². The first kappa shape index (κ1) is 23.1. The quantitative estimate of drug-likeness (QED) is 0.508. The molecule has 0 bridgehead atoms. The van der Waals surface area contributed by atoms with E-state index < -0.39 is 0 Å². The molecular formula is C26H33N7O2. The van der Waals surface area contributed by atoms with Gasteiger partial charge in [0.05, 0.1) is 25.5 Å². The molecule has 184 valence electrons. The van der Waals surface area contributed by atoms with Crippen molar-refractivity contribution in [3.63, 3.8) is 0 Å². The summed E-state index contributed by atoms with van der Waals surface area (Å²) in [4.78, 5) is 22.9. The highest BCUT2D eigenvalue weighted by Gasteiger charge is 2.24. The van der Waals surface area contributed by atoms with Crippen LogP contribution in [0.1, 0.15) is 39.0 Å². The van der Waals surface area contributed by atoms with E-state index in [4.69, 9.17) is 19.4 Å². The van der Waals surface area contributed by atoms with Crippen molar-refractivity contribution in [2.45, 2.75) is 45.1 Å². The summed E-state index contributed by atoms with van der Waals surface area (Å²) in [6.07, 6.45) is 11.0. The zero-order chi connectivity index (χ0) is 23.9. The molecule has 2 aromatic heterocycles. The van der Waals surface area contributed by atoms with Crippen molar-refractivity contribution in [2.75, 3.05) is 47.9 Å². The maximum absolute atomic E-state index is 6.33. The average Bonchev–Trinajstić information content (AvgIpc) is 2.91. The van der Waals surface area contributed by atoms with Crippen LogP contribution < -0.4 is 24.6 Å². The maximum atomic E-state index is 6.33. The molecule has 0 radical (unpaired) electrons. The Labute approximate surface area is 206 Å². The molecule has 3 aromatic rings. The van der Waals surface area contributed by atoms with E-state index in [0.29, 0.717) is 18.4 Å². The Balaban J connectivity index is 1.25. The van der Waals surface area contributed by atoms with Crippen molar-refractivity contribution in [1.82, 2.24) is 19.9 Å². The zero-order valence-corrected chi connectivity index (χ0v) is 20.3. The monoisotopic (exact) mass is 475 g/mol. The minimum atomic E-state index is 0.0494.